The summed E-state index contributed by atoms with van der Waals surface area (Å²) in [7, 11) is 1.62. The third-order valence-electron chi connectivity index (χ3n) is 7.15. The number of likely N-dealkylation sites (tertiary alicyclic amines) is 1. The fourth-order valence-electron chi connectivity index (χ4n) is 5.78. The van der Waals surface area contributed by atoms with Crippen LogP contribution in [0.1, 0.15) is 42.7 Å². The van der Waals surface area contributed by atoms with Crippen molar-refractivity contribution in [3.63, 3.8) is 0 Å². The van der Waals surface area contributed by atoms with Crippen molar-refractivity contribution in [3.8, 4) is 0 Å². The molecule has 0 aliphatic carbocycles. The predicted molar refractivity (Wildman–Crippen MR) is 111 cm³/mol. The first kappa shape index (κ1) is 21.3. The van der Waals surface area contributed by atoms with Crippen LogP contribution in [-0.2, 0) is 20.7 Å². The van der Waals surface area contributed by atoms with E-state index in [-0.39, 0.29) is 29.8 Å². The number of aryl methyl sites for hydroxylation is 2. The summed E-state index contributed by atoms with van der Waals surface area (Å²) in [6.07, 6.45) is 4.42. The Kier molecular flexibility index (Phi) is 6.43. The molecule has 0 saturated carbocycles. The summed E-state index contributed by atoms with van der Waals surface area (Å²) in [5, 5.41) is 7.07. The number of fused-ring (bicyclic) bond motifs is 4. The van der Waals surface area contributed by atoms with Crippen LogP contribution in [0.3, 0.4) is 0 Å². The molecule has 0 spiro atoms. The quantitative estimate of drug-likeness (QED) is 0.672. The van der Waals surface area contributed by atoms with Crippen molar-refractivity contribution in [2.75, 3.05) is 39.9 Å². The Morgan fingerprint density at radius 3 is 2.83 bits per heavy atom. The molecular formula is C22H34N4O4. The zero-order valence-corrected chi connectivity index (χ0v) is 18.4. The number of nitrogens with zero attached hydrogens (tertiary/aromatic N) is 3. The van der Waals surface area contributed by atoms with E-state index in [0.717, 1.165) is 56.8 Å². The van der Waals surface area contributed by atoms with Gasteiger partial charge in [-0.15, -0.1) is 0 Å². The maximum atomic E-state index is 13.1. The normalized spacial score (nSPS) is 29.0. The Labute approximate surface area is 178 Å². The lowest BCUT2D eigenvalue weighted by Crippen LogP contribution is -2.68. The molecule has 30 heavy (non-hydrogen) atoms. The molecule has 2 bridgehead atoms. The van der Waals surface area contributed by atoms with E-state index >= 15 is 0 Å². The minimum Gasteiger partial charge on any atom is -0.383 e. The van der Waals surface area contributed by atoms with Crippen LogP contribution >= 0.6 is 0 Å². The molecule has 1 aromatic rings. The number of aromatic nitrogens is 1. The zero-order valence-electron chi connectivity index (χ0n) is 18.4. The first-order valence-electron chi connectivity index (χ1n) is 11.2. The molecular weight excluding hydrogens is 384 g/mol. The molecule has 3 saturated heterocycles. The SMILES string of the molecule is COCCNC(=O)[C@H]1[C@H]2C[C@H](CN(CCc3c(C)noc3C)C2)[C@@H]2CCCC(=O)N21. The molecule has 8 heteroatoms. The average molecular weight is 419 g/mol. The number of hydrogen-bond donors (Lipinski definition) is 1. The Morgan fingerprint density at radius 2 is 2.10 bits per heavy atom. The van der Waals surface area contributed by atoms with Crippen LogP contribution in [0.5, 0.6) is 0 Å². The highest BCUT2D eigenvalue weighted by Crippen LogP contribution is 2.41. The number of hydrogen-bond acceptors (Lipinski definition) is 6. The Bertz CT molecular complexity index is 760. The van der Waals surface area contributed by atoms with E-state index in [1.165, 1.54) is 5.56 Å². The van der Waals surface area contributed by atoms with Gasteiger partial charge in [0, 0.05) is 57.2 Å². The standard InChI is InChI=1S/C22H34N4O4/c1-14-18(15(2)30-24-14)7-9-25-12-16-11-17(13-25)21(22(28)23-8-10-29-3)26-19(16)5-4-6-20(26)27/h16-17,19,21H,4-13H2,1-3H3,(H,23,28)/t16-,17+,19+,21-/m1/s1. The molecule has 2 amide bonds. The zero-order chi connectivity index (χ0) is 21.3. The minimum absolute atomic E-state index is 0.0247. The van der Waals surface area contributed by atoms with Gasteiger partial charge in [-0.1, -0.05) is 5.16 Å². The first-order valence-corrected chi connectivity index (χ1v) is 11.2. The molecule has 4 heterocycles. The lowest BCUT2D eigenvalue weighted by Gasteiger charge is -2.56. The largest absolute Gasteiger partial charge is 0.383 e. The van der Waals surface area contributed by atoms with Crippen LogP contribution in [-0.4, -0.2) is 78.8 Å². The molecule has 8 nitrogen and oxygen atoms in total. The molecule has 4 rings (SSSR count). The number of rotatable bonds is 7. The van der Waals surface area contributed by atoms with E-state index in [2.05, 4.69) is 15.4 Å². The monoisotopic (exact) mass is 418 g/mol. The maximum Gasteiger partial charge on any atom is 0.243 e. The van der Waals surface area contributed by atoms with E-state index in [4.69, 9.17) is 9.26 Å². The summed E-state index contributed by atoms with van der Waals surface area (Å²) < 4.78 is 10.4. The first-order chi connectivity index (χ1) is 14.5. The van der Waals surface area contributed by atoms with E-state index in [1.807, 2.05) is 18.7 Å². The number of nitrogens with one attached hydrogen (secondary N) is 1. The van der Waals surface area contributed by atoms with Gasteiger partial charge < -0.3 is 24.4 Å². The molecule has 0 unspecified atom stereocenters. The van der Waals surface area contributed by atoms with E-state index in [1.54, 1.807) is 7.11 Å². The number of piperidine rings is 3. The summed E-state index contributed by atoms with van der Waals surface area (Å²) in [6.45, 7) is 7.67. The highest BCUT2D eigenvalue weighted by atomic mass is 16.5. The third-order valence-corrected chi connectivity index (χ3v) is 7.15. The summed E-state index contributed by atoms with van der Waals surface area (Å²) in [5.41, 5.74) is 2.15. The predicted octanol–water partition coefficient (Wildman–Crippen LogP) is 1.30. The van der Waals surface area contributed by atoms with E-state index in [9.17, 15) is 9.59 Å². The highest BCUT2D eigenvalue weighted by Gasteiger charge is 2.51. The van der Waals surface area contributed by atoms with Crippen molar-refractivity contribution in [1.82, 2.24) is 20.3 Å². The molecule has 1 aromatic heterocycles. The lowest BCUT2D eigenvalue weighted by molar-refractivity contribution is -0.160. The topological polar surface area (TPSA) is 87.9 Å². The summed E-state index contributed by atoms with van der Waals surface area (Å²) in [4.78, 5) is 30.4. The van der Waals surface area contributed by atoms with Gasteiger partial charge >= 0.3 is 0 Å². The van der Waals surface area contributed by atoms with Crippen LogP contribution < -0.4 is 5.32 Å². The number of methoxy groups -OCH3 is 1. The third kappa shape index (κ3) is 4.12. The highest BCUT2D eigenvalue weighted by molar-refractivity contribution is 5.89. The van der Waals surface area contributed by atoms with E-state index in [0.29, 0.717) is 25.5 Å². The molecule has 0 aromatic carbocycles. The molecule has 166 valence electrons. The van der Waals surface area contributed by atoms with Crippen molar-refractivity contribution in [2.24, 2.45) is 11.8 Å². The van der Waals surface area contributed by atoms with Gasteiger partial charge in [-0.2, -0.15) is 0 Å². The average Bonchev–Trinajstić information content (AvgIpc) is 3.05. The number of carbonyl (C=O) groups excluding carboxylic acids is 2. The Morgan fingerprint density at radius 1 is 1.30 bits per heavy atom. The van der Waals surface area contributed by atoms with Gasteiger partial charge in [0.05, 0.1) is 12.3 Å². The van der Waals surface area contributed by atoms with Gasteiger partial charge in [0.2, 0.25) is 11.8 Å². The van der Waals surface area contributed by atoms with Gasteiger partial charge in [0.1, 0.15) is 11.8 Å². The minimum atomic E-state index is -0.363. The van der Waals surface area contributed by atoms with Crippen LogP contribution in [0.25, 0.3) is 0 Å². The van der Waals surface area contributed by atoms with Crippen LogP contribution in [0.4, 0.5) is 0 Å². The maximum absolute atomic E-state index is 13.1. The summed E-state index contributed by atoms with van der Waals surface area (Å²) in [5.74, 6) is 1.64. The lowest BCUT2D eigenvalue weighted by atomic mass is 9.71. The van der Waals surface area contributed by atoms with Crippen molar-refractivity contribution in [2.45, 2.75) is 58.0 Å². The molecule has 1 N–H and O–H groups in total. The molecule has 0 radical (unpaired) electrons. The van der Waals surface area contributed by atoms with Crippen LogP contribution in [0.15, 0.2) is 4.52 Å². The van der Waals surface area contributed by atoms with Crippen LogP contribution in [0, 0.1) is 25.7 Å². The Hall–Kier alpha value is -1.93. The second-order valence-corrected chi connectivity index (χ2v) is 9.06. The number of ether oxygens (including phenoxy) is 1. The van der Waals surface area contributed by atoms with Crippen LogP contribution in [0.2, 0.25) is 0 Å². The van der Waals surface area contributed by atoms with Gasteiger partial charge in [-0.25, -0.2) is 0 Å². The fraction of sp³-hybridized carbons (Fsp3) is 0.773. The van der Waals surface area contributed by atoms with Crippen molar-refractivity contribution in [1.29, 1.82) is 0 Å². The molecule has 3 fully saturated rings. The summed E-state index contributed by atoms with van der Waals surface area (Å²) >= 11 is 0. The molecule has 4 atom stereocenters. The van der Waals surface area contributed by atoms with Gasteiger partial charge in [-0.3, -0.25) is 9.59 Å². The Balaban J connectivity index is 1.49. The number of amides is 2. The summed E-state index contributed by atoms with van der Waals surface area (Å²) in [6, 6.07) is -0.180. The van der Waals surface area contributed by atoms with Crippen molar-refractivity contribution < 1.29 is 18.8 Å². The second-order valence-electron chi connectivity index (χ2n) is 9.06. The smallest absolute Gasteiger partial charge is 0.243 e. The van der Waals surface area contributed by atoms with Gasteiger partial charge in [-0.05, 0) is 45.4 Å². The molecule has 3 aliphatic heterocycles. The van der Waals surface area contributed by atoms with Crippen molar-refractivity contribution >= 4 is 11.8 Å². The second kappa shape index (κ2) is 9.06. The van der Waals surface area contributed by atoms with Gasteiger partial charge in [0.25, 0.3) is 0 Å². The molecule has 3 aliphatic rings. The van der Waals surface area contributed by atoms with Gasteiger partial charge in [0.15, 0.2) is 0 Å². The van der Waals surface area contributed by atoms with E-state index < -0.39 is 0 Å². The fourth-order valence-corrected chi connectivity index (χ4v) is 5.78. The van der Waals surface area contributed by atoms with Crippen molar-refractivity contribution in [3.05, 3.63) is 17.0 Å². The number of carbonyl (C=O) groups is 2.